The fourth-order valence-corrected chi connectivity index (χ4v) is 1.52. The van der Waals surface area contributed by atoms with E-state index in [1.807, 2.05) is 0 Å². The van der Waals surface area contributed by atoms with Gasteiger partial charge in [0.2, 0.25) is 11.8 Å². The van der Waals surface area contributed by atoms with Crippen molar-refractivity contribution in [1.29, 1.82) is 0 Å². The molecule has 4 nitrogen and oxygen atoms in total. The van der Waals surface area contributed by atoms with E-state index in [0.29, 0.717) is 6.54 Å². The van der Waals surface area contributed by atoms with Crippen molar-refractivity contribution in [3.63, 3.8) is 0 Å². The zero-order valence-corrected chi connectivity index (χ0v) is 9.55. The number of rotatable bonds is 1. The van der Waals surface area contributed by atoms with Gasteiger partial charge in [-0.25, -0.2) is 0 Å². The molecule has 1 atom stereocenters. The molecule has 0 aliphatic carbocycles. The second-order valence-electron chi connectivity index (χ2n) is 4.15. The van der Waals surface area contributed by atoms with Crippen LogP contribution in [-0.2, 0) is 9.59 Å². The minimum Gasteiger partial charge on any atom is -0.340 e. The van der Waals surface area contributed by atoms with Crippen LogP contribution in [-0.4, -0.2) is 34.8 Å². The molecule has 1 N–H and O–H groups in total. The molecule has 1 heterocycles. The lowest BCUT2D eigenvalue weighted by Crippen LogP contribution is -2.67. The molecule has 0 aromatic rings. The number of carbonyl (C=O) groups excluding carboxylic acids is 2. The van der Waals surface area contributed by atoms with Crippen LogP contribution < -0.4 is 5.32 Å². The van der Waals surface area contributed by atoms with E-state index in [-0.39, 0.29) is 11.8 Å². The van der Waals surface area contributed by atoms with Crippen LogP contribution in [0.5, 0.6) is 0 Å². The molecule has 1 aliphatic heterocycles. The van der Waals surface area contributed by atoms with Crippen LogP contribution in [0.25, 0.3) is 0 Å². The molecular weight excluding hydrogens is 192 g/mol. The number of carbonyl (C=O) groups is 2. The van der Waals surface area contributed by atoms with Crippen molar-refractivity contribution in [3.05, 3.63) is 0 Å². The Labute approximate surface area is 90.0 Å². The van der Waals surface area contributed by atoms with Gasteiger partial charge in [-0.1, -0.05) is 5.92 Å². The average Bonchev–Trinajstić information content (AvgIpc) is 2.15. The first-order chi connectivity index (χ1) is 6.90. The number of piperazine rings is 1. The Balaban J connectivity index is 2.93. The van der Waals surface area contributed by atoms with E-state index in [0.717, 1.165) is 0 Å². The molecule has 1 fully saturated rings. The van der Waals surface area contributed by atoms with Gasteiger partial charge in [0, 0.05) is 0 Å². The third kappa shape index (κ3) is 2.12. The Hall–Kier alpha value is -1.50. The summed E-state index contributed by atoms with van der Waals surface area (Å²) in [7, 11) is 0. The van der Waals surface area contributed by atoms with Gasteiger partial charge in [0.15, 0.2) is 0 Å². The van der Waals surface area contributed by atoms with Crippen molar-refractivity contribution >= 4 is 11.8 Å². The molecule has 1 unspecified atom stereocenters. The van der Waals surface area contributed by atoms with Crippen molar-refractivity contribution in [2.24, 2.45) is 0 Å². The smallest absolute Gasteiger partial charge is 0.249 e. The van der Waals surface area contributed by atoms with Gasteiger partial charge in [-0.2, -0.15) is 0 Å². The molecule has 1 aliphatic rings. The zero-order chi connectivity index (χ0) is 11.6. The molecule has 15 heavy (non-hydrogen) atoms. The standard InChI is InChI=1S/C11H16N2O2/c1-5-6-7-13-8(2)9(14)12-11(3,4)10(13)15/h8H,7H2,1-4H3,(H,12,14). The minimum absolute atomic E-state index is 0.0858. The molecule has 0 bridgehead atoms. The Kier molecular flexibility index (Phi) is 3.04. The molecule has 0 saturated carbocycles. The van der Waals surface area contributed by atoms with Crippen LogP contribution in [0, 0.1) is 11.8 Å². The number of amides is 2. The zero-order valence-electron chi connectivity index (χ0n) is 9.55. The summed E-state index contributed by atoms with van der Waals surface area (Å²) in [4.78, 5) is 25.0. The summed E-state index contributed by atoms with van der Waals surface area (Å²) < 4.78 is 0. The van der Waals surface area contributed by atoms with Gasteiger partial charge in [0.1, 0.15) is 11.6 Å². The number of hydrogen-bond acceptors (Lipinski definition) is 2. The van der Waals surface area contributed by atoms with Gasteiger partial charge in [-0.3, -0.25) is 9.59 Å². The summed E-state index contributed by atoms with van der Waals surface area (Å²) in [6.45, 7) is 7.13. The topological polar surface area (TPSA) is 49.4 Å². The van der Waals surface area contributed by atoms with Gasteiger partial charge in [0.05, 0.1) is 6.54 Å². The quantitative estimate of drug-likeness (QED) is 0.623. The van der Waals surface area contributed by atoms with Gasteiger partial charge >= 0.3 is 0 Å². The van der Waals surface area contributed by atoms with Crippen molar-refractivity contribution in [1.82, 2.24) is 10.2 Å². The van der Waals surface area contributed by atoms with Crippen molar-refractivity contribution in [3.8, 4) is 11.8 Å². The van der Waals surface area contributed by atoms with E-state index in [9.17, 15) is 9.59 Å². The van der Waals surface area contributed by atoms with Crippen molar-refractivity contribution < 1.29 is 9.59 Å². The highest BCUT2D eigenvalue weighted by Crippen LogP contribution is 2.16. The third-order valence-corrected chi connectivity index (χ3v) is 2.50. The monoisotopic (exact) mass is 208 g/mol. The van der Waals surface area contributed by atoms with E-state index < -0.39 is 11.6 Å². The lowest BCUT2D eigenvalue weighted by atomic mass is 9.97. The predicted octanol–water partition coefficient (Wildman–Crippen LogP) is 0.135. The first kappa shape index (κ1) is 11.6. The molecule has 0 aromatic carbocycles. The first-order valence-corrected chi connectivity index (χ1v) is 4.93. The summed E-state index contributed by atoms with van der Waals surface area (Å²) in [6, 6.07) is -0.439. The summed E-state index contributed by atoms with van der Waals surface area (Å²) in [6.07, 6.45) is 0. The lowest BCUT2D eigenvalue weighted by Gasteiger charge is -2.40. The van der Waals surface area contributed by atoms with E-state index in [2.05, 4.69) is 17.2 Å². The molecule has 0 spiro atoms. The van der Waals surface area contributed by atoms with Crippen LogP contribution in [0.3, 0.4) is 0 Å². The highest BCUT2D eigenvalue weighted by atomic mass is 16.2. The van der Waals surface area contributed by atoms with Gasteiger partial charge < -0.3 is 10.2 Å². The predicted molar refractivity (Wildman–Crippen MR) is 56.8 cm³/mol. The van der Waals surface area contributed by atoms with Crippen LogP contribution in [0.1, 0.15) is 27.7 Å². The molecule has 2 amide bonds. The maximum absolute atomic E-state index is 12.0. The molecule has 1 saturated heterocycles. The Morgan fingerprint density at radius 3 is 2.60 bits per heavy atom. The second kappa shape index (κ2) is 3.93. The number of nitrogens with zero attached hydrogens (tertiary/aromatic N) is 1. The number of hydrogen-bond donors (Lipinski definition) is 1. The maximum atomic E-state index is 12.0. The van der Waals surface area contributed by atoms with Crippen molar-refractivity contribution in [2.45, 2.75) is 39.3 Å². The van der Waals surface area contributed by atoms with Crippen LogP contribution in [0.15, 0.2) is 0 Å². The first-order valence-electron chi connectivity index (χ1n) is 4.93. The molecule has 4 heteroatoms. The normalized spacial score (nSPS) is 24.3. The highest BCUT2D eigenvalue weighted by molar-refractivity contribution is 5.99. The Morgan fingerprint density at radius 1 is 1.47 bits per heavy atom. The fourth-order valence-electron chi connectivity index (χ4n) is 1.52. The minimum atomic E-state index is -0.820. The van der Waals surface area contributed by atoms with Crippen LogP contribution in [0.2, 0.25) is 0 Å². The molecule has 0 aromatic heterocycles. The largest absolute Gasteiger partial charge is 0.340 e. The SMILES string of the molecule is CC#CCN1C(=O)C(C)(C)NC(=O)C1C. The van der Waals surface area contributed by atoms with Crippen LogP contribution >= 0.6 is 0 Å². The van der Waals surface area contributed by atoms with E-state index in [1.165, 1.54) is 4.90 Å². The molecular formula is C11H16N2O2. The summed E-state index contributed by atoms with van der Waals surface area (Å²) >= 11 is 0. The van der Waals surface area contributed by atoms with E-state index in [4.69, 9.17) is 0 Å². The van der Waals surface area contributed by atoms with E-state index >= 15 is 0 Å². The fraction of sp³-hybridized carbons (Fsp3) is 0.636. The third-order valence-electron chi connectivity index (χ3n) is 2.50. The van der Waals surface area contributed by atoms with E-state index in [1.54, 1.807) is 27.7 Å². The molecule has 82 valence electrons. The number of nitrogens with one attached hydrogen (secondary N) is 1. The average molecular weight is 208 g/mol. The van der Waals surface area contributed by atoms with Gasteiger partial charge in [-0.05, 0) is 27.7 Å². The summed E-state index contributed by atoms with van der Waals surface area (Å²) in [5.74, 6) is 5.32. The Morgan fingerprint density at radius 2 is 2.07 bits per heavy atom. The summed E-state index contributed by atoms with van der Waals surface area (Å²) in [5.41, 5.74) is -0.820. The Bertz CT molecular complexity index is 349. The lowest BCUT2D eigenvalue weighted by molar-refractivity contribution is -0.151. The van der Waals surface area contributed by atoms with Crippen molar-refractivity contribution in [2.75, 3.05) is 6.54 Å². The van der Waals surface area contributed by atoms with Gasteiger partial charge in [-0.15, -0.1) is 5.92 Å². The van der Waals surface area contributed by atoms with Crippen LogP contribution in [0.4, 0.5) is 0 Å². The molecule has 0 radical (unpaired) electrons. The summed E-state index contributed by atoms with van der Waals surface area (Å²) in [5, 5.41) is 2.68. The maximum Gasteiger partial charge on any atom is 0.249 e. The van der Waals surface area contributed by atoms with Gasteiger partial charge in [0.25, 0.3) is 0 Å². The molecule has 1 rings (SSSR count). The highest BCUT2D eigenvalue weighted by Gasteiger charge is 2.42. The second-order valence-corrected chi connectivity index (χ2v) is 4.15.